The minimum atomic E-state index is -0.748. The summed E-state index contributed by atoms with van der Waals surface area (Å²) in [6.45, 7) is -0.677. The molecule has 3 N–H and O–H groups in total. The van der Waals surface area contributed by atoms with Crippen LogP contribution in [0.2, 0.25) is 0 Å². The molecular formula is C8H9BrFNO. The average Bonchev–Trinajstić information content (AvgIpc) is 2.08. The Bertz CT molecular complexity index is 280. The highest BCUT2D eigenvalue weighted by Crippen LogP contribution is 2.26. The lowest BCUT2D eigenvalue weighted by molar-refractivity contribution is 0.414. The largest absolute Gasteiger partial charge is 0.508 e. The van der Waals surface area contributed by atoms with Gasteiger partial charge in [0.1, 0.15) is 12.4 Å². The number of rotatable bonds is 2. The normalized spacial score (nSPS) is 12.9. The maximum Gasteiger partial charge on any atom is 0.120 e. The monoisotopic (exact) mass is 233 g/mol. The number of hydrogen-bond donors (Lipinski definition) is 2. The van der Waals surface area contributed by atoms with Gasteiger partial charge in [0.2, 0.25) is 0 Å². The summed E-state index contributed by atoms with van der Waals surface area (Å²) in [5.74, 6) is 0.0309. The van der Waals surface area contributed by atoms with Gasteiger partial charge in [-0.05, 0) is 18.2 Å². The van der Waals surface area contributed by atoms with E-state index in [-0.39, 0.29) is 5.75 Å². The summed E-state index contributed by atoms with van der Waals surface area (Å²) < 4.78 is 12.9. The first-order chi connectivity index (χ1) is 5.65. The van der Waals surface area contributed by atoms with E-state index in [2.05, 4.69) is 15.9 Å². The Balaban J connectivity index is 3.04. The fourth-order valence-corrected chi connectivity index (χ4v) is 1.28. The van der Waals surface area contributed by atoms with Crippen molar-refractivity contribution in [2.45, 2.75) is 6.04 Å². The first-order valence-corrected chi connectivity index (χ1v) is 4.24. The van der Waals surface area contributed by atoms with Crippen molar-refractivity contribution < 1.29 is 9.50 Å². The fourth-order valence-electron chi connectivity index (χ4n) is 0.905. The molecule has 2 nitrogen and oxygen atoms in total. The van der Waals surface area contributed by atoms with Crippen LogP contribution in [0.25, 0.3) is 0 Å². The quantitative estimate of drug-likeness (QED) is 0.823. The molecule has 1 atom stereocenters. The second-order valence-corrected chi connectivity index (χ2v) is 3.38. The number of benzene rings is 1. The molecule has 1 aromatic carbocycles. The first kappa shape index (κ1) is 9.48. The Morgan fingerprint density at radius 3 is 2.83 bits per heavy atom. The number of halogens is 2. The van der Waals surface area contributed by atoms with Gasteiger partial charge in [0.05, 0.1) is 6.04 Å². The van der Waals surface area contributed by atoms with Crippen LogP contribution in [0.1, 0.15) is 11.6 Å². The molecule has 0 aliphatic rings. The molecule has 0 aromatic heterocycles. The van der Waals surface area contributed by atoms with Crippen molar-refractivity contribution in [3.63, 3.8) is 0 Å². The van der Waals surface area contributed by atoms with E-state index in [4.69, 9.17) is 5.73 Å². The van der Waals surface area contributed by atoms with E-state index in [1.807, 2.05) is 0 Å². The highest BCUT2D eigenvalue weighted by molar-refractivity contribution is 9.10. The molecule has 0 fully saturated rings. The second kappa shape index (κ2) is 3.87. The van der Waals surface area contributed by atoms with E-state index in [0.29, 0.717) is 5.56 Å². The van der Waals surface area contributed by atoms with Crippen LogP contribution in [0, 0.1) is 0 Å². The highest BCUT2D eigenvalue weighted by atomic mass is 79.9. The van der Waals surface area contributed by atoms with Crippen LogP contribution >= 0.6 is 15.9 Å². The molecule has 1 rings (SSSR count). The minimum absolute atomic E-state index is 0.0309. The van der Waals surface area contributed by atoms with Gasteiger partial charge in [0.25, 0.3) is 0 Å². The van der Waals surface area contributed by atoms with Gasteiger partial charge >= 0.3 is 0 Å². The van der Waals surface area contributed by atoms with Crippen molar-refractivity contribution in [2.75, 3.05) is 6.67 Å². The number of nitrogens with two attached hydrogens (primary N) is 1. The molecule has 4 heteroatoms. The average molecular weight is 234 g/mol. The van der Waals surface area contributed by atoms with Gasteiger partial charge in [0, 0.05) is 10.0 Å². The van der Waals surface area contributed by atoms with Crippen molar-refractivity contribution in [1.29, 1.82) is 0 Å². The standard InChI is InChI=1S/C8H9BrFNO/c9-5-1-2-8(12)6(3-5)7(11)4-10/h1-3,7,12H,4,11H2/t7-/m0/s1. The molecule has 0 radical (unpaired) electrons. The van der Waals surface area contributed by atoms with Crippen LogP contribution in [-0.4, -0.2) is 11.8 Å². The Hall–Kier alpha value is -0.610. The molecule has 66 valence electrons. The molecule has 0 amide bonds. The lowest BCUT2D eigenvalue weighted by Gasteiger charge is -2.09. The van der Waals surface area contributed by atoms with Crippen LogP contribution < -0.4 is 5.73 Å². The third-order valence-corrected chi connectivity index (χ3v) is 2.05. The van der Waals surface area contributed by atoms with E-state index in [1.165, 1.54) is 6.07 Å². The maximum atomic E-state index is 12.1. The molecule has 0 saturated carbocycles. The Morgan fingerprint density at radius 1 is 1.58 bits per heavy atom. The van der Waals surface area contributed by atoms with Crippen molar-refractivity contribution in [2.24, 2.45) is 5.73 Å². The summed E-state index contributed by atoms with van der Waals surface area (Å²) in [4.78, 5) is 0. The van der Waals surface area contributed by atoms with E-state index < -0.39 is 12.7 Å². The van der Waals surface area contributed by atoms with Crippen LogP contribution in [0.15, 0.2) is 22.7 Å². The highest BCUT2D eigenvalue weighted by Gasteiger charge is 2.10. The summed E-state index contributed by atoms with van der Waals surface area (Å²) in [6, 6.07) is 4.01. The molecule has 12 heavy (non-hydrogen) atoms. The van der Waals surface area contributed by atoms with Gasteiger partial charge in [-0.15, -0.1) is 0 Å². The molecule has 0 bridgehead atoms. The lowest BCUT2D eigenvalue weighted by Crippen LogP contribution is -2.12. The zero-order chi connectivity index (χ0) is 9.14. The van der Waals surface area contributed by atoms with Crippen molar-refractivity contribution in [3.05, 3.63) is 28.2 Å². The molecule has 0 saturated heterocycles. The van der Waals surface area contributed by atoms with Crippen molar-refractivity contribution >= 4 is 15.9 Å². The van der Waals surface area contributed by atoms with E-state index in [0.717, 1.165) is 4.47 Å². The first-order valence-electron chi connectivity index (χ1n) is 3.45. The smallest absolute Gasteiger partial charge is 0.120 e. The molecule has 0 spiro atoms. The predicted octanol–water partition coefficient (Wildman–Crippen LogP) is 2.12. The number of hydrogen-bond acceptors (Lipinski definition) is 2. The Kier molecular flexibility index (Phi) is 3.05. The van der Waals surface area contributed by atoms with Crippen molar-refractivity contribution in [1.82, 2.24) is 0 Å². The van der Waals surface area contributed by atoms with Gasteiger partial charge < -0.3 is 10.8 Å². The zero-order valence-electron chi connectivity index (χ0n) is 6.30. The molecule has 0 aliphatic heterocycles. The van der Waals surface area contributed by atoms with Crippen LogP contribution in [0.5, 0.6) is 5.75 Å². The number of phenols is 1. The molecule has 0 heterocycles. The van der Waals surface area contributed by atoms with Gasteiger partial charge in [0.15, 0.2) is 0 Å². The maximum absolute atomic E-state index is 12.1. The number of alkyl halides is 1. The van der Waals surface area contributed by atoms with E-state index in [1.54, 1.807) is 12.1 Å². The van der Waals surface area contributed by atoms with Crippen LogP contribution in [0.4, 0.5) is 4.39 Å². The fraction of sp³-hybridized carbons (Fsp3) is 0.250. The Labute approximate surface area is 78.3 Å². The van der Waals surface area contributed by atoms with Crippen LogP contribution in [0.3, 0.4) is 0 Å². The molecule has 0 aliphatic carbocycles. The van der Waals surface area contributed by atoms with Crippen LogP contribution in [-0.2, 0) is 0 Å². The third kappa shape index (κ3) is 1.95. The summed E-state index contributed by atoms with van der Waals surface area (Å²) in [5, 5.41) is 9.27. The Morgan fingerprint density at radius 2 is 2.25 bits per heavy atom. The molecular weight excluding hydrogens is 225 g/mol. The topological polar surface area (TPSA) is 46.2 Å². The molecule has 0 unspecified atom stereocenters. The van der Waals surface area contributed by atoms with Gasteiger partial charge in [-0.2, -0.15) is 0 Å². The second-order valence-electron chi connectivity index (χ2n) is 2.46. The predicted molar refractivity (Wildman–Crippen MR) is 48.7 cm³/mol. The summed E-state index contributed by atoms with van der Waals surface area (Å²) in [5.41, 5.74) is 5.83. The minimum Gasteiger partial charge on any atom is -0.508 e. The van der Waals surface area contributed by atoms with Gasteiger partial charge in [-0.1, -0.05) is 15.9 Å². The van der Waals surface area contributed by atoms with E-state index >= 15 is 0 Å². The number of aromatic hydroxyl groups is 1. The zero-order valence-corrected chi connectivity index (χ0v) is 7.88. The third-order valence-electron chi connectivity index (χ3n) is 1.56. The molecule has 1 aromatic rings. The SMILES string of the molecule is N[C@@H](CF)c1cc(Br)ccc1O. The van der Waals surface area contributed by atoms with Gasteiger partial charge in [-0.25, -0.2) is 4.39 Å². The van der Waals surface area contributed by atoms with Gasteiger partial charge in [-0.3, -0.25) is 0 Å². The number of phenolic OH excluding ortho intramolecular Hbond substituents is 1. The summed E-state index contributed by atoms with van der Waals surface area (Å²) >= 11 is 3.20. The summed E-state index contributed by atoms with van der Waals surface area (Å²) in [6.07, 6.45) is 0. The summed E-state index contributed by atoms with van der Waals surface area (Å²) in [7, 11) is 0. The lowest BCUT2D eigenvalue weighted by atomic mass is 10.1. The van der Waals surface area contributed by atoms with E-state index in [9.17, 15) is 9.50 Å². The van der Waals surface area contributed by atoms with Crippen molar-refractivity contribution in [3.8, 4) is 5.75 Å².